The van der Waals surface area contributed by atoms with E-state index in [0.717, 1.165) is 24.5 Å². The van der Waals surface area contributed by atoms with Crippen LogP contribution in [0, 0.1) is 0 Å². The summed E-state index contributed by atoms with van der Waals surface area (Å²) in [4.78, 5) is 19.2. The van der Waals surface area contributed by atoms with E-state index in [1.807, 2.05) is 0 Å². The van der Waals surface area contributed by atoms with E-state index in [2.05, 4.69) is 15.3 Å². The molecule has 0 aliphatic carbocycles. The van der Waals surface area contributed by atoms with Crippen molar-refractivity contribution < 1.29 is 18.0 Å². The molecule has 0 fully saturated rings. The zero-order valence-electron chi connectivity index (χ0n) is 10.3. The van der Waals surface area contributed by atoms with Crippen LogP contribution in [0.4, 0.5) is 24.7 Å². The molecule has 0 bridgehead atoms. The van der Waals surface area contributed by atoms with Crippen molar-refractivity contribution >= 4 is 29.0 Å². The van der Waals surface area contributed by atoms with Crippen molar-refractivity contribution in [3.63, 3.8) is 0 Å². The quantitative estimate of drug-likeness (QED) is 0.892. The molecule has 110 valence electrons. The smallest absolute Gasteiger partial charge is 0.382 e. The molecule has 0 atom stereocenters. The van der Waals surface area contributed by atoms with Crippen LogP contribution >= 0.6 is 11.6 Å². The predicted molar refractivity (Wildman–Crippen MR) is 70.9 cm³/mol. The Balaban J connectivity index is 2.24. The van der Waals surface area contributed by atoms with Crippen LogP contribution in [0.15, 0.2) is 30.6 Å². The number of rotatable bonds is 2. The highest BCUT2D eigenvalue weighted by Crippen LogP contribution is 2.36. The normalized spacial score (nSPS) is 11.2. The van der Waals surface area contributed by atoms with Gasteiger partial charge in [0, 0.05) is 5.69 Å². The molecule has 0 aliphatic rings. The number of amides is 1. The van der Waals surface area contributed by atoms with Crippen molar-refractivity contribution in [1.82, 2.24) is 9.97 Å². The van der Waals surface area contributed by atoms with E-state index in [1.165, 1.54) is 6.07 Å². The second-order valence-electron chi connectivity index (χ2n) is 3.97. The molecule has 9 heteroatoms. The van der Waals surface area contributed by atoms with Gasteiger partial charge in [0.15, 0.2) is 0 Å². The lowest BCUT2D eigenvalue weighted by Crippen LogP contribution is -2.15. The fourth-order valence-electron chi connectivity index (χ4n) is 1.47. The molecule has 5 nitrogen and oxygen atoms in total. The lowest BCUT2D eigenvalue weighted by Gasteiger charge is -2.11. The monoisotopic (exact) mass is 316 g/mol. The maximum atomic E-state index is 12.7. The summed E-state index contributed by atoms with van der Waals surface area (Å²) >= 11 is 5.48. The molecule has 0 spiro atoms. The number of nitrogen functional groups attached to an aromatic ring is 1. The minimum Gasteiger partial charge on any atom is -0.382 e. The van der Waals surface area contributed by atoms with Crippen molar-refractivity contribution in [2.24, 2.45) is 0 Å². The Hall–Kier alpha value is -2.35. The van der Waals surface area contributed by atoms with Crippen molar-refractivity contribution in [2.45, 2.75) is 6.18 Å². The van der Waals surface area contributed by atoms with Gasteiger partial charge in [-0.1, -0.05) is 11.6 Å². The van der Waals surface area contributed by atoms with E-state index in [4.69, 9.17) is 17.3 Å². The number of hydrogen-bond acceptors (Lipinski definition) is 4. The first-order chi connectivity index (χ1) is 9.77. The molecule has 2 aromatic rings. The maximum Gasteiger partial charge on any atom is 0.417 e. The molecular weight excluding hydrogens is 309 g/mol. The first-order valence-corrected chi connectivity index (χ1v) is 5.91. The summed E-state index contributed by atoms with van der Waals surface area (Å²) in [6.07, 6.45) is -2.33. The first-order valence-electron chi connectivity index (χ1n) is 5.53. The third-order valence-corrected chi connectivity index (χ3v) is 2.76. The molecule has 0 aliphatic heterocycles. The summed E-state index contributed by atoms with van der Waals surface area (Å²) in [7, 11) is 0. The molecule has 1 aromatic heterocycles. The van der Waals surface area contributed by atoms with Crippen molar-refractivity contribution in [3.05, 3.63) is 46.9 Å². The zero-order valence-corrected chi connectivity index (χ0v) is 11.0. The number of alkyl halides is 3. The number of nitrogens with zero attached hydrogens (tertiary/aromatic N) is 2. The van der Waals surface area contributed by atoms with E-state index in [9.17, 15) is 18.0 Å². The highest BCUT2D eigenvalue weighted by molar-refractivity contribution is 6.31. The number of aromatic nitrogens is 2. The lowest BCUT2D eigenvalue weighted by atomic mass is 10.2. The summed E-state index contributed by atoms with van der Waals surface area (Å²) in [5.41, 5.74) is 4.15. The molecular formula is C12H8ClF3N4O. The SMILES string of the molecule is Nc1cnc(C(=O)Nc2ccc(Cl)c(C(F)(F)F)c2)cn1. The van der Waals surface area contributed by atoms with Gasteiger partial charge in [-0.15, -0.1) is 0 Å². The molecule has 0 unspecified atom stereocenters. The number of halogens is 4. The number of carbonyl (C=O) groups excluding carboxylic acids is 1. The number of nitrogens with two attached hydrogens (primary N) is 1. The minimum atomic E-state index is -4.61. The molecule has 1 aromatic carbocycles. The van der Waals surface area contributed by atoms with Gasteiger partial charge >= 0.3 is 6.18 Å². The van der Waals surface area contributed by atoms with Gasteiger partial charge in [-0.3, -0.25) is 4.79 Å². The number of nitrogens with one attached hydrogen (secondary N) is 1. The van der Waals surface area contributed by atoms with Crippen LogP contribution in [0.3, 0.4) is 0 Å². The Bertz CT molecular complexity index is 673. The second-order valence-corrected chi connectivity index (χ2v) is 4.38. The Kier molecular flexibility index (Phi) is 3.99. The highest BCUT2D eigenvalue weighted by Gasteiger charge is 2.33. The zero-order chi connectivity index (χ0) is 15.6. The Morgan fingerprint density at radius 3 is 2.52 bits per heavy atom. The molecule has 0 saturated heterocycles. The average molecular weight is 317 g/mol. The summed E-state index contributed by atoms with van der Waals surface area (Å²) in [5, 5.41) is 1.83. The van der Waals surface area contributed by atoms with Gasteiger partial charge in [-0.25, -0.2) is 9.97 Å². The molecule has 3 N–H and O–H groups in total. The van der Waals surface area contributed by atoms with E-state index in [0.29, 0.717) is 0 Å². The van der Waals surface area contributed by atoms with Crippen LogP contribution in [0.5, 0.6) is 0 Å². The summed E-state index contributed by atoms with van der Waals surface area (Å²) in [5.74, 6) is -0.588. The minimum absolute atomic E-state index is 0.0599. The van der Waals surface area contributed by atoms with E-state index in [-0.39, 0.29) is 17.2 Å². The molecule has 1 amide bonds. The van der Waals surface area contributed by atoms with Crippen molar-refractivity contribution in [1.29, 1.82) is 0 Å². The van der Waals surface area contributed by atoms with Crippen molar-refractivity contribution in [2.75, 3.05) is 11.1 Å². The van der Waals surface area contributed by atoms with E-state index >= 15 is 0 Å². The Morgan fingerprint density at radius 2 is 1.95 bits per heavy atom. The van der Waals surface area contributed by atoms with Gasteiger partial charge in [0.2, 0.25) is 0 Å². The highest BCUT2D eigenvalue weighted by atomic mass is 35.5. The van der Waals surface area contributed by atoms with Crippen LogP contribution < -0.4 is 11.1 Å². The van der Waals surface area contributed by atoms with Crippen LogP contribution in [-0.2, 0) is 6.18 Å². The van der Waals surface area contributed by atoms with Gasteiger partial charge in [0.25, 0.3) is 5.91 Å². The van der Waals surface area contributed by atoms with E-state index < -0.39 is 22.7 Å². The molecule has 21 heavy (non-hydrogen) atoms. The van der Waals surface area contributed by atoms with Gasteiger partial charge in [-0.05, 0) is 18.2 Å². The number of hydrogen-bond donors (Lipinski definition) is 2. The van der Waals surface area contributed by atoms with Gasteiger partial charge < -0.3 is 11.1 Å². The second kappa shape index (κ2) is 5.57. The van der Waals surface area contributed by atoms with Gasteiger partial charge in [-0.2, -0.15) is 13.2 Å². The van der Waals surface area contributed by atoms with Crippen LogP contribution in [0.1, 0.15) is 16.1 Å². The summed E-state index contributed by atoms with van der Waals surface area (Å²) in [6, 6.07) is 3.04. The predicted octanol–water partition coefficient (Wildman–Crippen LogP) is 2.98. The number of carbonyl (C=O) groups is 1. The fourth-order valence-corrected chi connectivity index (χ4v) is 1.70. The Labute approximate surface area is 122 Å². The number of anilines is 2. The summed E-state index contributed by atoms with van der Waals surface area (Å²) < 4.78 is 38.1. The fraction of sp³-hybridized carbons (Fsp3) is 0.0833. The largest absolute Gasteiger partial charge is 0.417 e. The van der Waals surface area contributed by atoms with Crippen molar-refractivity contribution in [3.8, 4) is 0 Å². The maximum absolute atomic E-state index is 12.7. The van der Waals surface area contributed by atoms with Crippen LogP contribution in [0.25, 0.3) is 0 Å². The van der Waals surface area contributed by atoms with Crippen LogP contribution in [-0.4, -0.2) is 15.9 Å². The Morgan fingerprint density at radius 1 is 1.24 bits per heavy atom. The molecule has 1 heterocycles. The third-order valence-electron chi connectivity index (χ3n) is 2.43. The van der Waals surface area contributed by atoms with E-state index in [1.54, 1.807) is 0 Å². The molecule has 2 rings (SSSR count). The standard InChI is InChI=1S/C12H8ClF3N4O/c13-8-2-1-6(3-7(8)12(14,15)16)20-11(21)9-4-19-10(17)5-18-9/h1-5H,(H2,17,19)(H,20,21). The number of benzene rings is 1. The average Bonchev–Trinajstić information content (AvgIpc) is 2.40. The lowest BCUT2D eigenvalue weighted by molar-refractivity contribution is -0.137. The third kappa shape index (κ3) is 3.60. The molecule has 0 radical (unpaired) electrons. The molecule has 0 saturated carbocycles. The first kappa shape index (κ1) is 15.0. The van der Waals surface area contributed by atoms with Gasteiger partial charge in [0.1, 0.15) is 11.5 Å². The summed E-state index contributed by atoms with van der Waals surface area (Å²) in [6.45, 7) is 0. The van der Waals surface area contributed by atoms with Crippen LogP contribution in [0.2, 0.25) is 5.02 Å². The van der Waals surface area contributed by atoms with Gasteiger partial charge in [0.05, 0.1) is 23.0 Å². The topological polar surface area (TPSA) is 80.9 Å².